The largest absolute Gasteiger partial charge is 0.481 e. The van der Waals surface area contributed by atoms with Crippen molar-refractivity contribution in [1.29, 1.82) is 0 Å². The van der Waals surface area contributed by atoms with Crippen molar-refractivity contribution >= 4 is 34.7 Å². The summed E-state index contributed by atoms with van der Waals surface area (Å²) in [5.41, 5.74) is 2.03. The van der Waals surface area contributed by atoms with Gasteiger partial charge in [-0.3, -0.25) is 14.4 Å². The number of nitrogens with one attached hydrogen (secondary N) is 2. The van der Waals surface area contributed by atoms with Crippen LogP contribution in [0.2, 0.25) is 0 Å². The molecule has 4 N–H and O–H groups in total. The van der Waals surface area contributed by atoms with Crippen LogP contribution in [0.1, 0.15) is 129 Å². The molecular formula is C34H54N2O7. The van der Waals surface area contributed by atoms with Crippen molar-refractivity contribution in [3.05, 3.63) is 36.0 Å². The monoisotopic (exact) mass is 602 g/mol. The summed E-state index contributed by atoms with van der Waals surface area (Å²) in [6.07, 6.45) is 18.2. The number of ether oxygens (including phenoxy) is 1. The predicted octanol–water partition coefficient (Wildman–Crippen LogP) is 7.57. The van der Waals surface area contributed by atoms with Gasteiger partial charge in [-0.25, -0.2) is 4.79 Å². The Bertz CT molecular complexity index is 1050. The lowest BCUT2D eigenvalue weighted by Gasteiger charge is -2.17. The smallest absolute Gasteiger partial charge is 0.328 e. The summed E-state index contributed by atoms with van der Waals surface area (Å²) in [5.74, 6) is -1.96. The fourth-order valence-corrected chi connectivity index (χ4v) is 4.90. The lowest BCUT2D eigenvalue weighted by molar-refractivity contribution is -0.147. The molecule has 1 aromatic carbocycles. The molecule has 0 aliphatic heterocycles. The minimum Gasteiger partial charge on any atom is -0.481 e. The minimum atomic E-state index is -0.759. The number of para-hydroxylation sites is 1. The lowest BCUT2D eigenvalue weighted by atomic mass is 10.0. The number of H-pyrrole nitrogens is 1. The number of carboxylic acids is 2. The van der Waals surface area contributed by atoms with Crippen molar-refractivity contribution in [3.63, 3.8) is 0 Å². The normalized spacial score (nSPS) is 11.4. The van der Waals surface area contributed by atoms with E-state index < -0.39 is 18.0 Å². The van der Waals surface area contributed by atoms with Gasteiger partial charge in [-0.1, -0.05) is 95.8 Å². The highest BCUT2D eigenvalue weighted by Gasteiger charge is 2.23. The van der Waals surface area contributed by atoms with Gasteiger partial charge in [-0.15, -0.1) is 0 Å². The highest BCUT2D eigenvalue weighted by atomic mass is 16.5. The summed E-state index contributed by atoms with van der Waals surface area (Å²) in [5, 5.41) is 20.6. The Kier molecular flexibility index (Phi) is 21.1. The van der Waals surface area contributed by atoms with Crippen LogP contribution in [0.25, 0.3) is 10.9 Å². The van der Waals surface area contributed by atoms with E-state index in [0.29, 0.717) is 32.3 Å². The predicted molar refractivity (Wildman–Crippen MR) is 170 cm³/mol. The molecule has 0 radical (unpaired) electrons. The third-order valence-corrected chi connectivity index (χ3v) is 7.29. The molecule has 1 atom stereocenters. The van der Waals surface area contributed by atoms with Crippen LogP contribution >= 0.6 is 0 Å². The number of aromatic amines is 1. The molecule has 0 fully saturated rings. The van der Waals surface area contributed by atoms with E-state index in [4.69, 9.17) is 14.9 Å². The van der Waals surface area contributed by atoms with E-state index in [9.17, 15) is 19.2 Å². The first-order valence-corrected chi connectivity index (χ1v) is 16.2. The quantitative estimate of drug-likeness (QED) is 0.0758. The van der Waals surface area contributed by atoms with Gasteiger partial charge < -0.3 is 25.3 Å². The van der Waals surface area contributed by atoms with Gasteiger partial charge in [0, 0.05) is 42.8 Å². The van der Waals surface area contributed by atoms with Crippen LogP contribution in [-0.4, -0.2) is 51.7 Å². The maximum atomic E-state index is 12.4. The molecule has 0 spiro atoms. The molecule has 2 rings (SSSR count). The van der Waals surface area contributed by atoms with Crippen LogP contribution in [0.4, 0.5) is 0 Å². The lowest BCUT2D eigenvalue weighted by Crippen LogP contribution is -2.43. The Morgan fingerprint density at radius 2 is 1.26 bits per heavy atom. The Morgan fingerprint density at radius 3 is 1.79 bits per heavy atom. The summed E-state index contributed by atoms with van der Waals surface area (Å²) in [4.78, 5) is 48.3. The molecule has 1 aromatic heterocycles. The fraction of sp³-hybridized carbons (Fsp3) is 0.647. The second-order valence-electron chi connectivity index (χ2n) is 11.1. The van der Waals surface area contributed by atoms with E-state index in [1.165, 1.54) is 44.9 Å². The Balaban J connectivity index is 0.000000599. The number of hydrogen-bond donors (Lipinski definition) is 4. The van der Waals surface area contributed by atoms with Crippen LogP contribution in [0.3, 0.4) is 0 Å². The number of rotatable bonds is 23. The molecule has 43 heavy (non-hydrogen) atoms. The third-order valence-electron chi connectivity index (χ3n) is 7.29. The molecule has 0 bridgehead atoms. The SMILES string of the molecule is CCCCCCCCCCCC(=O)N[C@@H](Cc1c[nH]c2ccccc12)C(=O)OCC.O=C(O)CCCCCCCC(=O)O. The maximum Gasteiger partial charge on any atom is 0.328 e. The maximum absolute atomic E-state index is 12.4. The minimum absolute atomic E-state index is 0.0733. The van der Waals surface area contributed by atoms with Gasteiger partial charge in [0.15, 0.2) is 0 Å². The summed E-state index contributed by atoms with van der Waals surface area (Å²) in [6, 6.07) is 7.31. The standard InChI is InChI=1S/C25H38N2O3.C9H16O4/c1-3-5-6-7-8-9-10-11-12-17-24(28)27-23(25(29)30-4-2)18-20-19-26-22-16-14-13-15-21(20)22;10-8(11)6-4-2-1-3-5-7-9(12)13/h13-16,19,23,26H,3-12,17-18H2,1-2H3,(H,27,28);1-7H2,(H,10,11)(H,12,13)/t23-;/m0./s1. The Hall–Kier alpha value is -3.36. The zero-order valence-corrected chi connectivity index (χ0v) is 26.3. The average molecular weight is 603 g/mol. The molecule has 0 aliphatic carbocycles. The van der Waals surface area contributed by atoms with E-state index in [2.05, 4.69) is 17.2 Å². The van der Waals surface area contributed by atoms with Crippen LogP contribution in [0, 0.1) is 0 Å². The summed E-state index contributed by atoms with van der Waals surface area (Å²) < 4.78 is 5.20. The van der Waals surface area contributed by atoms with Crippen molar-refractivity contribution in [1.82, 2.24) is 10.3 Å². The van der Waals surface area contributed by atoms with Crippen LogP contribution in [0.5, 0.6) is 0 Å². The molecule has 0 aliphatic rings. The molecule has 242 valence electrons. The van der Waals surface area contributed by atoms with Crippen LogP contribution in [0.15, 0.2) is 30.5 Å². The topological polar surface area (TPSA) is 146 Å². The number of benzene rings is 1. The number of carbonyl (C=O) groups excluding carboxylic acids is 2. The van der Waals surface area contributed by atoms with Crippen molar-refractivity contribution in [2.24, 2.45) is 0 Å². The van der Waals surface area contributed by atoms with Crippen molar-refractivity contribution in [3.8, 4) is 0 Å². The first-order chi connectivity index (χ1) is 20.8. The van der Waals surface area contributed by atoms with Gasteiger partial charge in [-0.2, -0.15) is 0 Å². The average Bonchev–Trinajstić information content (AvgIpc) is 3.38. The van der Waals surface area contributed by atoms with E-state index in [-0.39, 0.29) is 24.7 Å². The number of esters is 1. The molecular weight excluding hydrogens is 548 g/mol. The molecule has 1 heterocycles. The number of carbonyl (C=O) groups is 4. The van der Waals surface area contributed by atoms with Crippen molar-refractivity contribution < 1.29 is 34.1 Å². The number of aliphatic carboxylic acids is 2. The highest BCUT2D eigenvalue weighted by Crippen LogP contribution is 2.20. The molecule has 9 nitrogen and oxygen atoms in total. The summed E-state index contributed by atoms with van der Waals surface area (Å²) in [6.45, 7) is 4.32. The van der Waals surface area contributed by atoms with Crippen molar-refractivity contribution in [2.45, 2.75) is 135 Å². The molecule has 0 saturated heterocycles. The van der Waals surface area contributed by atoms with Gasteiger partial charge in [0.25, 0.3) is 0 Å². The first kappa shape index (κ1) is 37.7. The van der Waals surface area contributed by atoms with Gasteiger partial charge in [0.1, 0.15) is 6.04 Å². The van der Waals surface area contributed by atoms with Crippen molar-refractivity contribution in [2.75, 3.05) is 6.61 Å². The zero-order chi connectivity index (χ0) is 31.7. The van der Waals surface area contributed by atoms with Crippen LogP contribution < -0.4 is 5.32 Å². The Morgan fingerprint density at radius 1 is 0.744 bits per heavy atom. The molecule has 9 heteroatoms. The molecule has 0 saturated carbocycles. The van der Waals surface area contributed by atoms with E-state index in [1.807, 2.05) is 30.5 Å². The number of carboxylic acid groups (broad SMARTS) is 2. The van der Waals surface area contributed by atoms with Gasteiger partial charge in [-0.05, 0) is 37.8 Å². The van der Waals surface area contributed by atoms with Gasteiger partial charge in [0.05, 0.1) is 6.61 Å². The molecule has 2 aromatic rings. The van der Waals surface area contributed by atoms with E-state index in [0.717, 1.165) is 48.6 Å². The molecule has 1 amide bonds. The number of amides is 1. The first-order valence-electron chi connectivity index (χ1n) is 16.2. The molecule has 0 unspecified atom stereocenters. The Labute approximate surface area is 257 Å². The van der Waals surface area contributed by atoms with E-state index >= 15 is 0 Å². The number of aromatic nitrogens is 1. The fourth-order valence-electron chi connectivity index (χ4n) is 4.90. The van der Waals surface area contributed by atoms with Gasteiger partial charge in [0.2, 0.25) is 5.91 Å². The van der Waals surface area contributed by atoms with Gasteiger partial charge >= 0.3 is 17.9 Å². The second kappa shape index (κ2) is 24.1. The van der Waals surface area contributed by atoms with E-state index in [1.54, 1.807) is 6.92 Å². The number of unbranched alkanes of at least 4 members (excludes halogenated alkanes) is 12. The summed E-state index contributed by atoms with van der Waals surface area (Å²) >= 11 is 0. The number of hydrogen-bond acceptors (Lipinski definition) is 5. The highest BCUT2D eigenvalue weighted by molar-refractivity contribution is 5.87. The number of fused-ring (bicyclic) bond motifs is 1. The van der Waals surface area contributed by atoms with Crippen LogP contribution in [-0.2, 0) is 30.3 Å². The summed E-state index contributed by atoms with van der Waals surface area (Å²) in [7, 11) is 0. The third kappa shape index (κ3) is 18.7. The zero-order valence-electron chi connectivity index (χ0n) is 26.3. The second-order valence-corrected chi connectivity index (χ2v) is 11.1.